The fraction of sp³-hybridized carbons (Fsp3) is 0.875. The molecule has 0 aromatic carbocycles. The minimum Gasteiger partial charge on any atom is -0.464 e. The van der Waals surface area contributed by atoms with Crippen molar-refractivity contribution in [3.05, 3.63) is 0 Å². The Morgan fingerprint density at radius 2 is 1.95 bits per heavy atom. The van der Waals surface area contributed by atoms with Gasteiger partial charge in [0.25, 0.3) is 0 Å². The van der Waals surface area contributed by atoms with Gasteiger partial charge in [-0.1, -0.05) is 13.8 Å². The zero-order valence-electron chi connectivity index (χ0n) is 13.6. The number of carbonyl (C=O) groups is 2. The summed E-state index contributed by atoms with van der Waals surface area (Å²) in [5.74, 6) is -0.716. The Morgan fingerprint density at radius 1 is 1.32 bits per heavy atom. The van der Waals surface area contributed by atoms with Gasteiger partial charge in [-0.25, -0.2) is 0 Å². The van der Waals surface area contributed by atoms with E-state index in [1.165, 1.54) is 6.92 Å². The van der Waals surface area contributed by atoms with Crippen molar-refractivity contribution < 1.29 is 28.9 Å². The first-order valence-electron chi connectivity index (χ1n) is 7.74. The fourth-order valence-corrected chi connectivity index (χ4v) is 6.07. The van der Waals surface area contributed by atoms with Gasteiger partial charge < -0.3 is 19.3 Å². The number of hydrogen-bond acceptors (Lipinski definition) is 6. The van der Waals surface area contributed by atoms with Crippen LogP contribution in [0.25, 0.3) is 0 Å². The van der Waals surface area contributed by atoms with Gasteiger partial charge in [-0.15, -0.1) is 0 Å². The summed E-state index contributed by atoms with van der Waals surface area (Å²) in [6.45, 7) is 9.13. The largest absolute Gasteiger partial charge is 0.464 e. The molecule has 0 radical (unpaired) electrons. The van der Waals surface area contributed by atoms with Gasteiger partial charge in [0.2, 0.25) is 0 Å². The molecule has 7 atom stereocenters. The van der Waals surface area contributed by atoms with Crippen LogP contribution < -0.4 is 0 Å². The maximum absolute atomic E-state index is 12.5. The average Bonchev–Trinajstić information content (AvgIpc) is 2.76. The molecule has 0 spiro atoms. The highest BCUT2D eigenvalue weighted by Crippen LogP contribution is 2.83. The molecule has 22 heavy (non-hydrogen) atoms. The van der Waals surface area contributed by atoms with Crippen molar-refractivity contribution in [3.63, 3.8) is 0 Å². The number of hydrogen-bond donors (Lipinski definition) is 1. The predicted molar refractivity (Wildman–Crippen MR) is 73.7 cm³/mol. The van der Waals surface area contributed by atoms with Gasteiger partial charge in [-0.2, -0.15) is 0 Å². The molecule has 2 saturated heterocycles. The van der Waals surface area contributed by atoms with Gasteiger partial charge in [0.15, 0.2) is 0 Å². The lowest BCUT2D eigenvalue weighted by atomic mass is 9.61. The van der Waals surface area contributed by atoms with Crippen molar-refractivity contribution in [1.29, 1.82) is 0 Å². The molecule has 2 heterocycles. The van der Waals surface area contributed by atoms with Crippen LogP contribution in [-0.2, 0) is 23.8 Å². The lowest BCUT2D eigenvalue weighted by Gasteiger charge is -2.60. The summed E-state index contributed by atoms with van der Waals surface area (Å²) in [5.41, 5.74) is -4.00. The SMILES string of the molecule is CC(=O)OC12CC(O)C3(C)OC(C4(C)C(=O)OCC41C)C32C. The second-order valence-corrected chi connectivity index (χ2v) is 8.06. The van der Waals surface area contributed by atoms with Crippen molar-refractivity contribution in [1.82, 2.24) is 0 Å². The molecule has 6 nitrogen and oxygen atoms in total. The summed E-state index contributed by atoms with van der Waals surface area (Å²) < 4.78 is 17.3. The van der Waals surface area contributed by atoms with Crippen molar-refractivity contribution in [3.8, 4) is 0 Å². The number of rotatable bonds is 1. The maximum Gasteiger partial charge on any atom is 0.315 e. The van der Waals surface area contributed by atoms with Crippen LogP contribution in [0.1, 0.15) is 41.0 Å². The maximum atomic E-state index is 12.5. The van der Waals surface area contributed by atoms with E-state index < -0.39 is 45.6 Å². The summed E-state index contributed by atoms with van der Waals surface area (Å²) in [6.07, 6.45) is -0.912. The first-order chi connectivity index (χ1) is 10.0. The quantitative estimate of drug-likeness (QED) is 0.721. The van der Waals surface area contributed by atoms with Crippen molar-refractivity contribution >= 4 is 11.9 Å². The van der Waals surface area contributed by atoms with Gasteiger partial charge in [-0.3, -0.25) is 9.59 Å². The van der Waals surface area contributed by atoms with Crippen molar-refractivity contribution in [2.75, 3.05) is 6.61 Å². The molecule has 2 saturated carbocycles. The monoisotopic (exact) mass is 310 g/mol. The lowest BCUT2D eigenvalue weighted by molar-refractivity contribution is -0.340. The second kappa shape index (κ2) is 3.36. The molecule has 4 fully saturated rings. The minimum absolute atomic E-state index is 0.174. The summed E-state index contributed by atoms with van der Waals surface area (Å²) in [4.78, 5) is 24.4. The lowest BCUT2D eigenvalue weighted by Crippen LogP contribution is -2.72. The van der Waals surface area contributed by atoms with E-state index in [9.17, 15) is 14.7 Å². The summed E-state index contributed by atoms with van der Waals surface area (Å²) in [6, 6.07) is 0. The number of esters is 2. The van der Waals surface area contributed by atoms with Crippen LogP contribution in [0, 0.1) is 16.2 Å². The highest BCUT2D eigenvalue weighted by atomic mass is 16.6. The number of aliphatic hydroxyl groups is 1. The molecule has 2 aliphatic heterocycles. The van der Waals surface area contributed by atoms with Gasteiger partial charge >= 0.3 is 11.9 Å². The van der Waals surface area contributed by atoms with Gasteiger partial charge in [0.1, 0.15) is 23.2 Å². The van der Waals surface area contributed by atoms with Crippen LogP contribution in [-0.4, -0.2) is 47.1 Å². The van der Waals surface area contributed by atoms with Crippen LogP contribution in [0.2, 0.25) is 0 Å². The Bertz CT molecular complexity index is 618. The van der Waals surface area contributed by atoms with Gasteiger partial charge in [0, 0.05) is 13.3 Å². The Balaban J connectivity index is 2.01. The fourth-order valence-electron chi connectivity index (χ4n) is 6.07. The summed E-state index contributed by atoms with van der Waals surface area (Å²) in [7, 11) is 0. The second-order valence-electron chi connectivity index (χ2n) is 8.06. The zero-order valence-corrected chi connectivity index (χ0v) is 13.6. The number of ether oxygens (including phenoxy) is 3. The molecule has 4 rings (SSSR count). The van der Waals surface area contributed by atoms with Crippen LogP contribution in [0.3, 0.4) is 0 Å². The first kappa shape index (κ1) is 14.5. The summed E-state index contributed by atoms with van der Waals surface area (Å²) in [5, 5.41) is 10.6. The third kappa shape index (κ3) is 0.943. The van der Waals surface area contributed by atoms with E-state index in [1.807, 2.05) is 27.7 Å². The van der Waals surface area contributed by atoms with Gasteiger partial charge in [-0.05, 0) is 13.8 Å². The third-order valence-electron chi connectivity index (χ3n) is 7.67. The first-order valence-corrected chi connectivity index (χ1v) is 7.74. The van der Waals surface area contributed by atoms with Crippen molar-refractivity contribution in [2.45, 2.75) is 64.4 Å². The Labute approximate surface area is 129 Å². The normalized spacial score (nSPS) is 61.3. The molecule has 122 valence electrons. The molecule has 0 aromatic rings. The topological polar surface area (TPSA) is 82.1 Å². The van der Waals surface area contributed by atoms with E-state index in [0.29, 0.717) is 0 Å². The molecule has 7 unspecified atom stereocenters. The molecule has 4 aliphatic rings. The number of aliphatic hydroxyl groups excluding tert-OH is 1. The van der Waals surface area contributed by atoms with E-state index in [4.69, 9.17) is 14.2 Å². The third-order valence-corrected chi connectivity index (χ3v) is 7.67. The molecule has 0 amide bonds. The standard InChI is InChI=1S/C16H22O6/c1-8(17)21-16-6-9(18)15(5)14(16,4)10(22-15)13(3)11(19)20-7-12(13,16)2/h9-10,18H,6-7H2,1-5H3. The molecule has 6 heteroatoms. The molecule has 1 N–H and O–H groups in total. The average molecular weight is 310 g/mol. The molecule has 2 aliphatic carbocycles. The molecule has 0 aromatic heterocycles. The number of carbonyl (C=O) groups excluding carboxylic acids is 2. The Morgan fingerprint density at radius 3 is 2.55 bits per heavy atom. The minimum atomic E-state index is -0.968. The predicted octanol–water partition coefficient (Wildman–Crippen LogP) is 0.800. The van der Waals surface area contributed by atoms with Gasteiger partial charge in [0.05, 0.1) is 23.0 Å². The number of cyclic esters (lactones) is 1. The smallest absolute Gasteiger partial charge is 0.315 e. The van der Waals surface area contributed by atoms with Crippen LogP contribution in [0.4, 0.5) is 0 Å². The zero-order chi connectivity index (χ0) is 16.3. The highest BCUT2D eigenvalue weighted by Gasteiger charge is 2.96. The number of fused-ring (bicyclic) bond motifs is 3. The Kier molecular flexibility index (Phi) is 2.21. The highest BCUT2D eigenvalue weighted by molar-refractivity contribution is 5.84. The summed E-state index contributed by atoms with van der Waals surface area (Å²) >= 11 is 0. The van der Waals surface area contributed by atoms with Crippen LogP contribution in [0.15, 0.2) is 0 Å². The van der Waals surface area contributed by atoms with Crippen LogP contribution in [0.5, 0.6) is 0 Å². The van der Waals surface area contributed by atoms with E-state index >= 15 is 0 Å². The van der Waals surface area contributed by atoms with E-state index in [1.54, 1.807) is 0 Å². The van der Waals surface area contributed by atoms with E-state index in [2.05, 4.69) is 0 Å². The van der Waals surface area contributed by atoms with E-state index in [0.717, 1.165) is 0 Å². The van der Waals surface area contributed by atoms with E-state index in [-0.39, 0.29) is 19.0 Å². The van der Waals surface area contributed by atoms with Crippen LogP contribution >= 0.6 is 0 Å². The Hall–Kier alpha value is -1.14. The van der Waals surface area contributed by atoms with Crippen molar-refractivity contribution in [2.24, 2.45) is 16.2 Å². The molecular formula is C16H22O6. The molecule has 0 bridgehead atoms. The molecular weight excluding hydrogens is 288 g/mol.